The molecular weight excluding hydrogens is 408 g/mol. The van der Waals surface area contributed by atoms with Gasteiger partial charge in [0.25, 0.3) is 5.91 Å². The molecule has 1 atom stereocenters. The predicted octanol–water partition coefficient (Wildman–Crippen LogP) is 2.24. The number of carbonyl (C=O) groups is 1. The van der Waals surface area contributed by atoms with Crippen molar-refractivity contribution in [3.8, 4) is 0 Å². The Morgan fingerprint density at radius 2 is 1.88 bits per heavy atom. The maximum atomic E-state index is 12.9. The van der Waals surface area contributed by atoms with Gasteiger partial charge in [-0.15, -0.1) is 0 Å². The van der Waals surface area contributed by atoms with E-state index in [0.717, 1.165) is 31.7 Å². The zero-order valence-electron chi connectivity index (χ0n) is 19.4. The van der Waals surface area contributed by atoms with Crippen molar-refractivity contribution in [2.24, 2.45) is 0 Å². The summed E-state index contributed by atoms with van der Waals surface area (Å²) in [7, 11) is 0. The van der Waals surface area contributed by atoms with E-state index in [2.05, 4.69) is 14.8 Å². The minimum atomic E-state index is -0.471. The van der Waals surface area contributed by atoms with Crippen LogP contribution in [-0.4, -0.2) is 88.8 Å². The molecular formula is C24H36N4O4. The van der Waals surface area contributed by atoms with E-state index in [1.165, 1.54) is 6.26 Å². The number of piperazine rings is 1. The minimum Gasteiger partial charge on any atom is -0.447 e. The zero-order valence-corrected chi connectivity index (χ0v) is 19.4. The maximum Gasteiger partial charge on any atom is 0.276 e. The fraction of sp³-hybridized carbons (Fsp3) is 0.583. The average molecular weight is 445 g/mol. The van der Waals surface area contributed by atoms with Crippen LogP contribution in [0.1, 0.15) is 42.7 Å². The van der Waals surface area contributed by atoms with E-state index in [4.69, 9.17) is 9.15 Å². The fourth-order valence-corrected chi connectivity index (χ4v) is 3.75. The normalized spacial score (nSPS) is 16.4. The Balaban J connectivity index is 1.45. The van der Waals surface area contributed by atoms with E-state index >= 15 is 0 Å². The Labute approximate surface area is 190 Å². The van der Waals surface area contributed by atoms with Gasteiger partial charge in [0.2, 0.25) is 5.89 Å². The lowest BCUT2D eigenvalue weighted by atomic mass is 10.2. The van der Waals surface area contributed by atoms with Gasteiger partial charge in [0.1, 0.15) is 6.26 Å². The Hall–Kier alpha value is -2.26. The van der Waals surface area contributed by atoms with Crippen molar-refractivity contribution < 1.29 is 19.1 Å². The van der Waals surface area contributed by atoms with Crippen LogP contribution in [0.5, 0.6) is 0 Å². The van der Waals surface area contributed by atoms with Crippen LogP contribution >= 0.6 is 0 Å². The van der Waals surface area contributed by atoms with E-state index in [1.807, 2.05) is 51.1 Å². The van der Waals surface area contributed by atoms with E-state index < -0.39 is 6.10 Å². The summed E-state index contributed by atoms with van der Waals surface area (Å²) in [5.41, 5.74) is 1.44. The van der Waals surface area contributed by atoms with Gasteiger partial charge in [-0.25, -0.2) is 4.98 Å². The summed E-state index contributed by atoms with van der Waals surface area (Å²) in [6.45, 7) is 12.1. The number of aliphatic hydroxyl groups is 1. The van der Waals surface area contributed by atoms with Gasteiger partial charge in [0, 0.05) is 45.8 Å². The number of aliphatic hydroxyl groups excluding tert-OH is 1. The van der Waals surface area contributed by atoms with E-state index in [-0.39, 0.29) is 12.0 Å². The number of rotatable bonds is 11. The highest BCUT2D eigenvalue weighted by molar-refractivity contribution is 5.91. The Morgan fingerprint density at radius 3 is 2.53 bits per heavy atom. The van der Waals surface area contributed by atoms with Crippen LogP contribution in [-0.2, 0) is 17.8 Å². The number of hydrogen-bond donors (Lipinski definition) is 1. The molecule has 8 heteroatoms. The quantitative estimate of drug-likeness (QED) is 0.569. The minimum absolute atomic E-state index is 0.117. The molecule has 8 nitrogen and oxygen atoms in total. The highest BCUT2D eigenvalue weighted by Gasteiger charge is 2.23. The molecule has 3 rings (SSSR count). The van der Waals surface area contributed by atoms with E-state index in [1.54, 1.807) is 4.90 Å². The summed E-state index contributed by atoms with van der Waals surface area (Å²) in [6.07, 6.45) is 1.12. The molecule has 1 aromatic heterocycles. The molecule has 0 spiro atoms. The number of hydrogen-bond acceptors (Lipinski definition) is 7. The fourth-order valence-electron chi connectivity index (χ4n) is 3.75. The summed E-state index contributed by atoms with van der Waals surface area (Å²) in [6, 6.07) is 9.94. The highest BCUT2D eigenvalue weighted by atomic mass is 16.5. The standard InChI is InChI=1S/C24H36N4O4/c1-4-28(14-20-8-6-5-7-9-20)24(30)22-18-32-23(25-22)16-27-12-10-26(11-13-27)15-21(29)17-31-19(2)3/h5-9,18-19,21,29H,4,10-17H2,1-3H3/t21-/m0/s1. The zero-order chi connectivity index (χ0) is 22.9. The Bertz CT molecular complexity index is 818. The first-order chi connectivity index (χ1) is 15.4. The van der Waals surface area contributed by atoms with Crippen molar-refractivity contribution in [2.75, 3.05) is 45.9 Å². The maximum absolute atomic E-state index is 12.9. The molecule has 1 aliphatic heterocycles. The van der Waals surface area contributed by atoms with Crippen LogP contribution in [0.4, 0.5) is 0 Å². The predicted molar refractivity (Wildman–Crippen MR) is 122 cm³/mol. The number of amides is 1. The van der Waals surface area contributed by atoms with Gasteiger partial charge in [-0.2, -0.15) is 0 Å². The summed E-state index contributed by atoms with van der Waals surface area (Å²) in [5, 5.41) is 10.1. The van der Waals surface area contributed by atoms with Crippen molar-refractivity contribution in [1.29, 1.82) is 0 Å². The van der Waals surface area contributed by atoms with Crippen LogP contribution in [0, 0.1) is 0 Å². The lowest BCUT2D eigenvalue weighted by molar-refractivity contribution is -0.0151. The molecule has 2 aromatic rings. The van der Waals surface area contributed by atoms with Gasteiger partial charge in [0.05, 0.1) is 25.4 Å². The van der Waals surface area contributed by atoms with Crippen molar-refractivity contribution in [3.05, 3.63) is 53.7 Å². The first kappa shape index (κ1) is 24.4. The third-order valence-electron chi connectivity index (χ3n) is 5.57. The summed E-state index contributed by atoms with van der Waals surface area (Å²) in [5.74, 6) is 0.441. The molecule has 1 aliphatic rings. The van der Waals surface area contributed by atoms with Crippen LogP contribution < -0.4 is 0 Å². The second-order valence-electron chi connectivity index (χ2n) is 8.54. The number of β-amino-alcohol motifs (C(OH)–C–C–N with tert-alkyl or cyclic N) is 1. The molecule has 0 unspecified atom stereocenters. The first-order valence-corrected chi connectivity index (χ1v) is 11.5. The van der Waals surface area contributed by atoms with E-state index in [9.17, 15) is 9.90 Å². The molecule has 176 valence electrons. The summed E-state index contributed by atoms with van der Waals surface area (Å²) in [4.78, 5) is 23.6. The molecule has 1 N–H and O–H groups in total. The number of benzene rings is 1. The van der Waals surface area contributed by atoms with Crippen molar-refractivity contribution in [3.63, 3.8) is 0 Å². The van der Waals surface area contributed by atoms with E-state index in [0.29, 0.717) is 44.4 Å². The molecule has 1 amide bonds. The van der Waals surface area contributed by atoms with Crippen LogP contribution in [0.25, 0.3) is 0 Å². The lowest BCUT2D eigenvalue weighted by Gasteiger charge is -2.35. The SMILES string of the molecule is CCN(Cc1ccccc1)C(=O)c1coc(CN2CCN(C[C@H](O)COC(C)C)CC2)n1. The Kier molecular flexibility index (Phi) is 9.23. The van der Waals surface area contributed by atoms with Crippen LogP contribution in [0.15, 0.2) is 41.0 Å². The first-order valence-electron chi connectivity index (χ1n) is 11.5. The average Bonchev–Trinajstić information content (AvgIpc) is 3.26. The largest absolute Gasteiger partial charge is 0.447 e. The van der Waals surface area contributed by atoms with Gasteiger partial charge >= 0.3 is 0 Å². The molecule has 0 bridgehead atoms. The smallest absolute Gasteiger partial charge is 0.276 e. The lowest BCUT2D eigenvalue weighted by Crippen LogP contribution is -2.48. The van der Waals surface area contributed by atoms with Gasteiger partial charge < -0.3 is 19.2 Å². The third kappa shape index (κ3) is 7.41. The molecule has 0 radical (unpaired) electrons. The number of aromatic nitrogens is 1. The second kappa shape index (κ2) is 12.1. The Morgan fingerprint density at radius 1 is 1.19 bits per heavy atom. The molecule has 1 aromatic carbocycles. The monoisotopic (exact) mass is 444 g/mol. The van der Waals surface area contributed by atoms with Crippen LogP contribution in [0.3, 0.4) is 0 Å². The highest BCUT2D eigenvalue weighted by Crippen LogP contribution is 2.13. The van der Waals surface area contributed by atoms with Gasteiger partial charge in [-0.3, -0.25) is 14.6 Å². The van der Waals surface area contributed by atoms with Gasteiger partial charge in [-0.05, 0) is 26.3 Å². The molecule has 1 fully saturated rings. The number of carbonyl (C=O) groups excluding carboxylic acids is 1. The molecule has 32 heavy (non-hydrogen) atoms. The number of nitrogens with zero attached hydrogens (tertiary/aromatic N) is 4. The summed E-state index contributed by atoms with van der Waals surface area (Å²) < 4.78 is 11.1. The third-order valence-corrected chi connectivity index (χ3v) is 5.57. The van der Waals surface area contributed by atoms with Crippen LogP contribution in [0.2, 0.25) is 0 Å². The van der Waals surface area contributed by atoms with Crippen molar-refractivity contribution in [2.45, 2.75) is 46.1 Å². The molecule has 0 aliphatic carbocycles. The van der Waals surface area contributed by atoms with Crippen molar-refractivity contribution in [1.82, 2.24) is 19.7 Å². The topological polar surface area (TPSA) is 82.3 Å². The second-order valence-corrected chi connectivity index (χ2v) is 8.54. The van der Waals surface area contributed by atoms with Crippen molar-refractivity contribution >= 4 is 5.91 Å². The molecule has 1 saturated heterocycles. The summed E-state index contributed by atoms with van der Waals surface area (Å²) >= 11 is 0. The van der Waals surface area contributed by atoms with Gasteiger partial charge in [-0.1, -0.05) is 30.3 Å². The van der Waals surface area contributed by atoms with Gasteiger partial charge in [0.15, 0.2) is 5.69 Å². The molecule has 2 heterocycles. The molecule has 0 saturated carbocycles. The number of ether oxygens (including phenoxy) is 1. The number of oxazole rings is 1.